The van der Waals surface area contributed by atoms with Gasteiger partial charge in [0.2, 0.25) is 0 Å². The molecule has 0 bridgehead atoms. The molecule has 8 heteroatoms. The predicted molar refractivity (Wildman–Crippen MR) is 254 cm³/mol. The fourth-order valence-electron chi connectivity index (χ4n) is 17.8. The molecule has 8 nitrogen and oxygen atoms in total. The molecule has 8 saturated heterocycles. The summed E-state index contributed by atoms with van der Waals surface area (Å²) in [6.07, 6.45) is 47.4. The topological polar surface area (TPSA) is 100 Å². The Balaban J connectivity index is 0.0000000878. The minimum Gasteiger partial charge on any atom is -0.370 e. The maximum Gasteiger partial charge on any atom is 0.0844 e. The zero-order valence-electron chi connectivity index (χ0n) is 41.9. The molecule has 0 aromatic heterocycles. The second-order valence-corrected chi connectivity index (χ2v) is 26.6. The van der Waals surface area contributed by atoms with Crippen molar-refractivity contribution >= 4 is 0 Å². The maximum absolute atomic E-state index is 5.70. The van der Waals surface area contributed by atoms with Gasteiger partial charge in [0.1, 0.15) is 0 Å². The van der Waals surface area contributed by atoms with Gasteiger partial charge in [0.05, 0.1) is 97.7 Å². The molecule has 8 aliphatic heterocycles. The zero-order chi connectivity index (χ0) is 44.3. The molecule has 0 radical (unpaired) electrons. The molecule has 0 aromatic carbocycles. The third-order valence-electron chi connectivity index (χ3n) is 22.5. The summed E-state index contributed by atoms with van der Waals surface area (Å²) < 4.78 is 45.3. The summed E-state index contributed by atoms with van der Waals surface area (Å²) in [4.78, 5) is 0. The Kier molecular flexibility index (Phi) is 12.8. The lowest BCUT2D eigenvalue weighted by atomic mass is 9.61. The van der Waals surface area contributed by atoms with E-state index in [9.17, 15) is 0 Å². The SMILES string of the molecule is C1CC(CC2CCC3OC3C2)CC2OC2C1.CC(C)(C1CCC2OC2C1)C1CCC2OC2C1.CCC(C1CCC2OC2C1)C1CC2OC2C1.CCC(C1CCC2OC2C1)C1CCC2OC2C1. The quantitative estimate of drug-likeness (QED) is 0.200. The van der Waals surface area contributed by atoms with E-state index in [0.29, 0.717) is 103 Å². The van der Waals surface area contributed by atoms with Gasteiger partial charge in [0.25, 0.3) is 0 Å². The van der Waals surface area contributed by atoms with Gasteiger partial charge in [-0.1, -0.05) is 53.4 Å². The van der Waals surface area contributed by atoms with E-state index in [4.69, 9.17) is 37.9 Å². The summed E-state index contributed by atoms with van der Waals surface area (Å²) in [6, 6.07) is 0. The molecule has 8 saturated carbocycles. The van der Waals surface area contributed by atoms with Crippen molar-refractivity contribution < 1.29 is 37.9 Å². The van der Waals surface area contributed by atoms with E-state index in [1.54, 1.807) is 0 Å². The zero-order valence-corrected chi connectivity index (χ0v) is 41.9. The van der Waals surface area contributed by atoms with E-state index in [1.165, 1.54) is 173 Å². The van der Waals surface area contributed by atoms with Crippen molar-refractivity contribution in [2.75, 3.05) is 0 Å². The monoisotopic (exact) mass is 917 g/mol. The Bertz CT molecular complexity index is 1600. The van der Waals surface area contributed by atoms with Crippen LogP contribution in [0.1, 0.15) is 201 Å². The number of epoxide rings is 8. The lowest BCUT2D eigenvalue weighted by Gasteiger charge is -2.43. The van der Waals surface area contributed by atoms with Gasteiger partial charge in [-0.25, -0.2) is 0 Å². The Morgan fingerprint density at radius 2 is 0.636 bits per heavy atom. The largest absolute Gasteiger partial charge is 0.370 e. The van der Waals surface area contributed by atoms with Crippen LogP contribution in [0.3, 0.4) is 0 Å². The van der Waals surface area contributed by atoms with Crippen molar-refractivity contribution in [1.82, 2.24) is 0 Å². The summed E-state index contributed by atoms with van der Waals surface area (Å²) in [5.74, 6) is 9.41. The standard InChI is InChI=1S/2C15H24O2.2C14H22O2/c1-15(2,9-3-5-11-13(7-9)16-11)10-4-6-12-14(8-10)17-12;1-2-11(9-3-5-12-14(7-9)16-12)10-4-6-13-15(8-10)17-13;1-2-10(9-6-13-14(7-9)16-13)8-3-4-11-12(5-8)15-11;1-2-9(7-13-11(3-1)15-13)6-10-4-5-12-14(8-10)16-12/h9-14H,3-8H2,1-2H3;9-15H,2-8H2,1H3;8-14H,2-7H2,1H3;9-14H,1-8H2. The average molecular weight is 917 g/mol. The van der Waals surface area contributed by atoms with E-state index < -0.39 is 0 Å². The van der Waals surface area contributed by atoms with Crippen LogP contribution in [0.15, 0.2) is 0 Å². The van der Waals surface area contributed by atoms with Crippen LogP contribution in [0.2, 0.25) is 0 Å². The number of rotatable bonds is 10. The Labute approximate surface area is 399 Å². The number of hydrogen-bond acceptors (Lipinski definition) is 8. The maximum atomic E-state index is 5.70. The first-order valence-electron chi connectivity index (χ1n) is 29.5. The van der Waals surface area contributed by atoms with Crippen LogP contribution in [0.5, 0.6) is 0 Å². The van der Waals surface area contributed by atoms with E-state index in [-0.39, 0.29) is 0 Å². The van der Waals surface area contributed by atoms with Crippen molar-refractivity contribution in [3.63, 3.8) is 0 Å². The molecule has 66 heavy (non-hydrogen) atoms. The highest BCUT2D eigenvalue weighted by Crippen LogP contribution is 2.56. The van der Waals surface area contributed by atoms with E-state index in [1.807, 2.05) is 0 Å². The number of fused-ring (bicyclic) bond motifs is 8. The molecule has 0 aromatic rings. The van der Waals surface area contributed by atoms with Crippen LogP contribution in [-0.2, 0) is 37.9 Å². The van der Waals surface area contributed by atoms with Crippen LogP contribution in [0.25, 0.3) is 0 Å². The summed E-state index contributed by atoms with van der Waals surface area (Å²) in [5.41, 5.74) is 0.494. The van der Waals surface area contributed by atoms with Gasteiger partial charge in [-0.05, 0) is 212 Å². The summed E-state index contributed by atoms with van der Waals surface area (Å²) in [7, 11) is 0. The van der Waals surface area contributed by atoms with Gasteiger partial charge in [0, 0.05) is 0 Å². The van der Waals surface area contributed by atoms with Crippen molar-refractivity contribution in [2.45, 2.75) is 299 Å². The third kappa shape index (κ3) is 10.3. The lowest BCUT2D eigenvalue weighted by Crippen LogP contribution is -2.37. The Hall–Kier alpha value is -0.320. The Morgan fingerprint density at radius 3 is 1.06 bits per heavy atom. The van der Waals surface area contributed by atoms with Crippen LogP contribution >= 0.6 is 0 Å². The van der Waals surface area contributed by atoms with E-state index in [2.05, 4.69) is 27.7 Å². The fraction of sp³-hybridized carbons (Fsp3) is 1.00. The van der Waals surface area contributed by atoms with Gasteiger partial charge in [0.15, 0.2) is 0 Å². The molecule has 8 heterocycles. The van der Waals surface area contributed by atoms with Crippen LogP contribution in [0, 0.1) is 64.6 Å². The van der Waals surface area contributed by atoms with Crippen molar-refractivity contribution in [3.8, 4) is 0 Å². The third-order valence-corrected chi connectivity index (χ3v) is 22.5. The molecule has 0 N–H and O–H groups in total. The first-order chi connectivity index (χ1) is 32.2. The average Bonchev–Trinajstić information content (AvgIpc) is 4.10. The van der Waals surface area contributed by atoms with Gasteiger partial charge < -0.3 is 37.9 Å². The molecule has 8 aliphatic carbocycles. The second kappa shape index (κ2) is 18.6. The predicted octanol–water partition coefficient (Wildman–Crippen LogP) is 12.0. The number of hydrogen-bond donors (Lipinski definition) is 0. The van der Waals surface area contributed by atoms with Gasteiger partial charge in [-0.3, -0.25) is 0 Å². The highest BCUT2D eigenvalue weighted by Gasteiger charge is 2.55. The lowest BCUT2D eigenvalue weighted by molar-refractivity contribution is 0.0678. The minimum absolute atomic E-state index is 0.494. The molecule has 16 fully saturated rings. The van der Waals surface area contributed by atoms with Crippen LogP contribution in [-0.4, -0.2) is 97.7 Å². The van der Waals surface area contributed by atoms with Crippen molar-refractivity contribution in [2.24, 2.45) is 64.6 Å². The first kappa shape index (κ1) is 45.5. The van der Waals surface area contributed by atoms with E-state index >= 15 is 0 Å². The van der Waals surface area contributed by atoms with Crippen LogP contribution in [0.4, 0.5) is 0 Å². The number of ether oxygens (including phenoxy) is 8. The molecular weight excluding hydrogens is 825 g/mol. The van der Waals surface area contributed by atoms with Gasteiger partial charge >= 0.3 is 0 Å². The second-order valence-electron chi connectivity index (χ2n) is 26.6. The molecular formula is C58H92O8. The molecule has 24 atom stereocenters. The molecule has 16 rings (SSSR count). The van der Waals surface area contributed by atoms with Crippen molar-refractivity contribution in [3.05, 3.63) is 0 Å². The normalized spacial score (nSPS) is 54.0. The summed E-state index contributed by atoms with van der Waals surface area (Å²) >= 11 is 0. The summed E-state index contributed by atoms with van der Waals surface area (Å²) in [6.45, 7) is 9.79. The van der Waals surface area contributed by atoms with Crippen molar-refractivity contribution in [1.29, 1.82) is 0 Å². The van der Waals surface area contributed by atoms with Crippen LogP contribution < -0.4 is 0 Å². The fourth-order valence-corrected chi connectivity index (χ4v) is 17.8. The Morgan fingerprint density at radius 1 is 0.318 bits per heavy atom. The minimum atomic E-state index is 0.494. The molecule has 0 amide bonds. The molecule has 372 valence electrons. The molecule has 16 aliphatic rings. The van der Waals surface area contributed by atoms with E-state index in [0.717, 1.165) is 59.2 Å². The molecule has 24 unspecified atom stereocenters. The van der Waals surface area contributed by atoms with Gasteiger partial charge in [-0.2, -0.15) is 0 Å². The smallest absolute Gasteiger partial charge is 0.0844 e. The van der Waals surface area contributed by atoms with Gasteiger partial charge in [-0.15, -0.1) is 0 Å². The summed E-state index contributed by atoms with van der Waals surface area (Å²) in [5, 5.41) is 0. The molecule has 0 spiro atoms. The first-order valence-corrected chi connectivity index (χ1v) is 29.5. The highest BCUT2D eigenvalue weighted by molar-refractivity contribution is 5.04. The highest BCUT2D eigenvalue weighted by atomic mass is 16.6.